The number of ether oxygens (including phenoxy) is 1. The van der Waals surface area contributed by atoms with Crippen LogP contribution in [0.2, 0.25) is 0 Å². The van der Waals surface area contributed by atoms with Crippen molar-refractivity contribution in [1.29, 1.82) is 0 Å². The van der Waals surface area contributed by atoms with Crippen LogP contribution in [0.25, 0.3) is 0 Å². The van der Waals surface area contributed by atoms with Gasteiger partial charge in [0.1, 0.15) is 5.72 Å². The van der Waals surface area contributed by atoms with Gasteiger partial charge in [0.2, 0.25) is 0 Å². The summed E-state index contributed by atoms with van der Waals surface area (Å²) in [5, 5.41) is 3.68. The molecule has 2 nitrogen and oxygen atoms in total. The molecule has 0 bridgehead atoms. The van der Waals surface area contributed by atoms with Crippen molar-refractivity contribution in [3.8, 4) is 0 Å². The van der Waals surface area contributed by atoms with E-state index < -0.39 is 0 Å². The molecule has 1 unspecified atom stereocenters. The van der Waals surface area contributed by atoms with E-state index in [1.54, 1.807) is 0 Å². The van der Waals surface area contributed by atoms with E-state index >= 15 is 0 Å². The van der Waals surface area contributed by atoms with Crippen molar-refractivity contribution in [2.24, 2.45) is 5.41 Å². The molecule has 0 aromatic carbocycles. The van der Waals surface area contributed by atoms with E-state index in [0.717, 1.165) is 18.9 Å². The standard InChI is InChI=1S/C12H23NOS/c1-3-11(4-2)8-13-12(14-9-11)6-5-7-15-10-12/h13H,3-10H2,1-2H3. The van der Waals surface area contributed by atoms with Crippen LogP contribution >= 0.6 is 11.8 Å². The third-order valence-corrected chi connectivity index (χ3v) is 5.39. The molecule has 15 heavy (non-hydrogen) atoms. The molecule has 88 valence electrons. The number of hydrogen-bond donors (Lipinski definition) is 1. The summed E-state index contributed by atoms with van der Waals surface area (Å²) in [4.78, 5) is 0. The molecule has 0 aliphatic carbocycles. The zero-order valence-electron chi connectivity index (χ0n) is 9.97. The number of thioether (sulfide) groups is 1. The van der Waals surface area contributed by atoms with Gasteiger partial charge in [-0.25, -0.2) is 0 Å². The average molecular weight is 229 g/mol. The largest absolute Gasteiger partial charge is 0.359 e. The van der Waals surface area contributed by atoms with Crippen LogP contribution < -0.4 is 5.32 Å². The molecule has 0 saturated carbocycles. The van der Waals surface area contributed by atoms with E-state index in [-0.39, 0.29) is 5.72 Å². The average Bonchev–Trinajstić information content (AvgIpc) is 2.32. The SMILES string of the molecule is CCC1(CC)CNC2(CCCSC2)OC1. The monoisotopic (exact) mass is 229 g/mol. The third-order valence-electron chi connectivity index (χ3n) is 4.14. The molecule has 1 spiro atoms. The minimum Gasteiger partial charge on any atom is -0.359 e. The first-order valence-corrected chi connectivity index (χ1v) is 7.36. The smallest absolute Gasteiger partial charge is 0.128 e. The van der Waals surface area contributed by atoms with Crippen LogP contribution in [0.3, 0.4) is 0 Å². The highest BCUT2D eigenvalue weighted by atomic mass is 32.2. The Balaban J connectivity index is 1.95. The molecular formula is C12H23NOS. The van der Waals surface area contributed by atoms with Crippen LogP contribution in [0.5, 0.6) is 0 Å². The van der Waals surface area contributed by atoms with Crippen molar-refractivity contribution in [2.45, 2.75) is 45.3 Å². The fourth-order valence-electron chi connectivity index (χ4n) is 2.47. The van der Waals surface area contributed by atoms with Gasteiger partial charge in [0.15, 0.2) is 0 Å². The minimum atomic E-state index is 0.0246. The zero-order chi connectivity index (χ0) is 10.8. The van der Waals surface area contributed by atoms with Crippen molar-refractivity contribution < 1.29 is 4.74 Å². The highest BCUT2D eigenvalue weighted by Gasteiger charge is 2.42. The Morgan fingerprint density at radius 2 is 2.13 bits per heavy atom. The molecular weight excluding hydrogens is 206 g/mol. The topological polar surface area (TPSA) is 21.3 Å². The number of hydrogen-bond acceptors (Lipinski definition) is 3. The van der Waals surface area contributed by atoms with Gasteiger partial charge in [-0.05, 0) is 31.4 Å². The van der Waals surface area contributed by atoms with E-state index in [1.807, 2.05) is 11.8 Å². The lowest BCUT2D eigenvalue weighted by atomic mass is 9.81. The molecule has 2 aliphatic rings. The molecule has 2 fully saturated rings. The summed E-state index contributed by atoms with van der Waals surface area (Å²) in [5.41, 5.74) is 0.421. The van der Waals surface area contributed by atoms with Gasteiger partial charge in [0.05, 0.1) is 6.61 Å². The van der Waals surface area contributed by atoms with Gasteiger partial charge in [-0.3, -0.25) is 5.32 Å². The summed E-state index contributed by atoms with van der Waals surface area (Å²) in [6.07, 6.45) is 4.94. The summed E-state index contributed by atoms with van der Waals surface area (Å²) in [7, 11) is 0. The summed E-state index contributed by atoms with van der Waals surface area (Å²) < 4.78 is 6.17. The molecule has 2 saturated heterocycles. The lowest BCUT2D eigenvalue weighted by molar-refractivity contribution is -0.139. The first-order chi connectivity index (χ1) is 7.24. The molecule has 0 amide bonds. The predicted molar refractivity (Wildman–Crippen MR) is 66.3 cm³/mol. The van der Waals surface area contributed by atoms with Gasteiger partial charge in [-0.1, -0.05) is 13.8 Å². The summed E-state index contributed by atoms with van der Waals surface area (Å²) in [6, 6.07) is 0. The second-order valence-corrected chi connectivity index (χ2v) is 6.10. The molecule has 0 aromatic rings. The zero-order valence-corrected chi connectivity index (χ0v) is 10.8. The lowest BCUT2D eigenvalue weighted by Gasteiger charge is -2.48. The fourth-order valence-corrected chi connectivity index (χ4v) is 3.62. The summed E-state index contributed by atoms with van der Waals surface area (Å²) >= 11 is 2.03. The molecule has 1 atom stereocenters. The molecule has 3 heteroatoms. The second-order valence-electron chi connectivity index (χ2n) is 5.00. The van der Waals surface area contributed by atoms with E-state index in [4.69, 9.17) is 4.74 Å². The Morgan fingerprint density at radius 3 is 2.60 bits per heavy atom. The van der Waals surface area contributed by atoms with E-state index in [1.165, 1.54) is 31.4 Å². The number of rotatable bonds is 2. The van der Waals surface area contributed by atoms with Crippen LogP contribution in [0.15, 0.2) is 0 Å². The van der Waals surface area contributed by atoms with E-state index in [0.29, 0.717) is 5.41 Å². The van der Waals surface area contributed by atoms with Gasteiger partial charge in [-0.2, -0.15) is 11.8 Å². The van der Waals surface area contributed by atoms with Crippen LogP contribution in [-0.2, 0) is 4.74 Å². The lowest BCUT2D eigenvalue weighted by Crippen LogP contribution is -2.61. The van der Waals surface area contributed by atoms with E-state index in [2.05, 4.69) is 19.2 Å². The number of nitrogens with one attached hydrogen (secondary N) is 1. The van der Waals surface area contributed by atoms with Gasteiger partial charge in [-0.15, -0.1) is 0 Å². The maximum atomic E-state index is 6.17. The van der Waals surface area contributed by atoms with Crippen LogP contribution in [-0.4, -0.2) is 30.4 Å². The Morgan fingerprint density at radius 1 is 1.33 bits per heavy atom. The molecule has 0 aromatic heterocycles. The van der Waals surface area contributed by atoms with Crippen molar-refractivity contribution >= 4 is 11.8 Å². The molecule has 0 radical (unpaired) electrons. The maximum absolute atomic E-state index is 6.17. The molecule has 2 heterocycles. The Bertz CT molecular complexity index is 198. The van der Waals surface area contributed by atoms with Crippen molar-refractivity contribution in [1.82, 2.24) is 5.32 Å². The quantitative estimate of drug-likeness (QED) is 0.786. The minimum absolute atomic E-state index is 0.0246. The maximum Gasteiger partial charge on any atom is 0.128 e. The fraction of sp³-hybridized carbons (Fsp3) is 1.00. The molecule has 1 N–H and O–H groups in total. The van der Waals surface area contributed by atoms with Crippen LogP contribution in [0, 0.1) is 5.41 Å². The second kappa shape index (κ2) is 4.64. The Kier molecular flexibility index (Phi) is 3.63. The summed E-state index contributed by atoms with van der Waals surface area (Å²) in [5.74, 6) is 2.44. The van der Waals surface area contributed by atoms with Crippen LogP contribution in [0.1, 0.15) is 39.5 Å². The van der Waals surface area contributed by atoms with Gasteiger partial charge in [0.25, 0.3) is 0 Å². The third kappa shape index (κ3) is 2.34. The molecule has 2 aliphatic heterocycles. The van der Waals surface area contributed by atoms with Gasteiger partial charge < -0.3 is 4.74 Å². The predicted octanol–water partition coefficient (Wildman–Crippen LogP) is 2.64. The normalized spacial score (nSPS) is 35.6. The van der Waals surface area contributed by atoms with E-state index in [9.17, 15) is 0 Å². The van der Waals surface area contributed by atoms with Crippen LogP contribution in [0.4, 0.5) is 0 Å². The van der Waals surface area contributed by atoms with Crippen molar-refractivity contribution in [3.63, 3.8) is 0 Å². The first kappa shape index (κ1) is 11.7. The van der Waals surface area contributed by atoms with Crippen molar-refractivity contribution in [2.75, 3.05) is 24.7 Å². The molecule has 2 rings (SSSR count). The van der Waals surface area contributed by atoms with Gasteiger partial charge >= 0.3 is 0 Å². The Hall–Kier alpha value is 0.270. The summed E-state index contributed by atoms with van der Waals surface area (Å²) in [6.45, 7) is 6.65. The highest BCUT2D eigenvalue weighted by molar-refractivity contribution is 7.99. The Labute approximate surface area is 97.5 Å². The highest BCUT2D eigenvalue weighted by Crippen LogP contribution is 2.37. The van der Waals surface area contributed by atoms with Gasteiger partial charge in [0, 0.05) is 17.7 Å². The first-order valence-electron chi connectivity index (χ1n) is 6.21. The van der Waals surface area contributed by atoms with Crippen molar-refractivity contribution in [3.05, 3.63) is 0 Å².